The van der Waals surface area contributed by atoms with E-state index >= 15 is 0 Å². The summed E-state index contributed by atoms with van der Waals surface area (Å²) in [4.78, 5) is 17.0. The third-order valence-electron chi connectivity index (χ3n) is 5.83. The van der Waals surface area contributed by atoms with Crippen LogP contribution in [-0.2, 0) is 17.8 Å². The minimum atomic E-state index is -0.0237. The number of ether oxygens (including phenoxy) is 1. The first-order chi connectivity index (χ1) is 13.1. The molecule has 2 aliphatic heterocycles. The smallest absolute Gasteiger partial charge is 0.236 e. The van der Waals surface area contributed by atoms with Gasteiger partial charge in [-0.3, -0.25) is 9.69 Å². The Hall–Kier alpha value is -2.37. The summed E-state index contributed by atoms with van der Waals surface area (Å²) in [6, 6.07) is 16.5. The van der Waals surface area contributed by atoms with E-state index in [1.165, 1.54) is 16.7 Å². The highest BCUT2D eigenvalue weighted by atomic mass is 16.5. The first kappa shape index (κ1) is 18.0. The molecule has 2 aliphatic rings. The van der Waals surface area contributed by atoms with Crippen molar-refractivity contribution >= 4 is 5.91 Å². The largest absolute Gasteiger partial charge is 0.497 e. The van der Waals surface area contributed by atoms with Gasteiger partial charge in [0.25, 0.3) is 0 Å². The van der Waals surface area contributed by atoms with Crippen LogP contribution < -0.4 is 10.5 Å². The molecule has 4 rings (SSSR count). The van der Waals surface area contributed by atoms with Gasteiger partial charge in [-0.2, -0.15) is 0 Å². The molecule has 1 fully saturated rings. The molecule has 142 valence electrons. The summed E-state index contributed by atoms with van der Waals surface area (Å²) < 4.78 is 5.23. The van der Waals surface area contributed by atoms with Gasteiger partial charge in [-0.1, -0.05) is 36.4 Å². The fourth-order valence-electron chi connectivity index (χ4n) is 4.22. The van der Waals surface area contributed by atoms with Gasteiger partial charge in [0.15, 0.2) is 0 Å². The van der Waals surface area contributed by atoms with Crippen molar-refractivity contribution in [1.29, 1.82) is 0 Å². The fourth-order valence-corrected chi connectivity index (χ4v) is 4.22. The Labute approximate surface area is 160 Å². The second-order valence-electron chi connectivity index (χ2n) is 7.57. The van der Waals surface area contributed by atoms with E-state index < -0.39 is 0 Å². The highest BCUT2D eigenvalue weighted by Gasteiger charge is 2.34. The lowest BCUT2D eigenvalue weighted by Crippen LogP contribution is -2.42. The Kier molecular flexibility index (Phi) is 5.14. The predicted octanol–water partition coefficient (Wildman–Crippen LogP) is 2.01. The monoisotopic (exact) mass is 365 g/mol. The number of likely N-dealkylation sites (tertiary alicyclic amines) is 1. The normalized spacial score (nSPS) is 22.5. The second-order valence-corrected chi connectivity index (χ2v) is 7.57. The summed E-state index contributed by atoms with van der Waals surface area (Å²) in [6.45, 7) is 3.57. The summed E-state index contributed by atoms with van der Waals surface area (Å²) >= 11 is 0. The van der Waals surface area contributed by atoms with Gasteiger partial charge < -0.3 is 15.4 Å². The molecule has 1 amide bonds. The number of benzene rings is 2. The van der Waals surface area contributed by atoms with Gasteiger partial charge >= 0.3 is 0 Å². The number of rotatable bonds is 4. The molecule has 0 aromatic heterocycles. The maximum absolute atomic E-state index is 12.9. The zero-order chi connectivity index (χ0) is 18.8. The van der Waals surface area contributed by atoms with Crippen molar-refractivity contribution in [3.05, 3.63) is 65.2 Å². The molecule has 5 heteroatoms. The quantitative estimate of drug-likeness (QED) is 0.900. The molecule has 0 radical (unpaired) electrons. The molecule has 2 N–H and O–H groups in total. The molecule has 2 aromatic carbocycles. The van der Waals surface area contributed by atoms with E-state index in [-0.39, 0.29) is 17.9 Å². The third-order valence-corrected chi connectivity index (χ3v) is 5.83. The molecule has 0 aliphatic carbocycles. The molecule has 2 aromatic rings. The molecule has 27 heavy (non-hydrogen) atoms. The van der Waals surface area contributed by atoms with Crippen LogP contribution in [0.25, 0.3) is 0 Å². The Morgan fingerprint density at radius 3 is 2.59 bits per heavy atom. The van der Waals surface area contributed by atoms with Crippen LogP contribution in [0.3, 0.4) is 0 Å². The second kappa shape index (κ2) is 7.71. The van der Waals surface area contributed by atoms with E-state index in [1.54, 1.807) is 7.11 Å². The van der Waals surface area contributed by atoms with Crippen molar-refractivity contribution in [3.8, 4) is 5.75 Å². The van der Waals surface area contributed by atoms with E-state index in [0.29, 0.717) is 19.6 Å². The van der Waals surface area contributed by atoms with Crippen molar-refractivity contribution in [2.45, 2.75) is 24.9 Å². The van der Waals surface area contributed by atoms with E-state index in [1.807, 2.05) is 17.0 Å². The number of nitrogens with two attached hydrogens (primary N) is 1. The van der Waals surface area contributed by atoms with E-state index in [4.69, 9.17) is 10.5 Å². The number of amides is 1. The van der Waals surface area contributed by atoms with E-state index in [0.717, 1.165) is 25.3 Å². The number of hydrogen-bond acceptors (Lipinski definition) is 4. The number of fused-ring (bicyclic) bond motifs is 1. The van der Waals surface area contributed by atoms with Crippen LogP contribution in [0.1, 0.15) is 22.6 Å². The summed E-state index contributed by atoms with van der Waals surface area (Å²) in [6.07, 6.45) is 1.01. The van der Waals surface area contributed by atoms with Crippen LogP contribution in [0.4, 0.5) is 0 Å². The summed E-state index contributed by atoms with van der Waals surface area (Å²) in [5, 5.41) is 0. The molecule has 2 atom stereocenters. The van der Waals surface area contributed by atoms with Crippen LogP contribution in [-0.4, -0.2) is 55.0 Å². The lowest BCUT2D eigenvalue weighted by atomic mass is 9.95. The number of methoxy groups -OCH3 is 1. The average molecular weight is 365 g/mol. The van der Waals surface area contributed by atoms with Crippen LogP contribution >= 0.6 is 0 Å². The highest BCUT2D eigenvalue weighted by molar-refractivity contribution is 5.79. The van der Waals surface area contributed by atoms with Gasteiger partial charge in [-0.15, -0.1) is 0 Å². The first-order valence-corrected chi connectivity index (χ1v) is 9.60. The van der Waals surface area contributed by atoms with Gasteiger partial charge in [0, 0.05) is 38.1 Å². The van der Waals surface area contributed by atoms with Crippen LogP contribution in [0, 0.1) is 0 Å². The number of hydrogen-bond donors (Lipinski definition) is 1. The number of carbonyl (C=O) groups is 1. The predicted molar refractivity (Wildman–Crippen MR) is 106 cm³/mol. The van der Waals surface area contributed by atoms with Crippen molar-refractivity contribution in [2.75, 3.05) is 33.3 Å². The topological polar surface area (TPSA) is 58.8 Å². The number of nitrogens with zero attached hydrogens (tertiary/aromatic N) is 2. The molecular weight excluding hydrogens is 338 g/mol. The summed E-state index contributed by atoms with van der Waals surface area (Å²) in [5.41, 5.74) is 10.3. The Bertz CT molecular complexity index is 805. The van der Waals surface area contributed by atoms with Gasteiger partial charge in [0.2, 0.25) is 5.91 Å². The highest BCUT2D eigenvalue weighted by Crippen LogP contribution is 2.28. The van der Waals surface area contributed by atoms with Gasteiger partial charge in [0.05, 0.1) is 13.7 Å². The maximum Gasteiger partial charge on any atom is 0.236 e. The molecule has 2 heterocycles. The Balaban J connectivity index is 1.37. The average Bonchev–Trinajstić information content (AvgIpc) is 3.10. The van der Waals surface area contributed by atoms with E-state index in [9.17, 15) is 4.79 Å². The van der Waals surface area contributed by atoms with Crippen molar-refractivity contribution in [3.63, 3.8) is 0 Å². The van der Waals surface area contributed by atoms with Crippen LogP contribution in [0.2, 0.25) is 0 Å². The van der Waals surface area contributed by atoms with Crippen molar-refractivity contribution in [2.24, 2.45) is 5.73 Å². The Morgan fingerprint density at radius 2 is 1.85 bits per heavy atom. The lowest BCUT2D eigenvalue weighted by molar-refractivity contribution is -0.131. The molecule has 0 saturated carbocycles. The first-order valence-electron chi connectivity index (χ1n) is 9.60. The number of carbonyl (C=O) groups excluding carboxylic acids is 1. The fraction of sp³-hybridized carbons (Fsp3) is 0.409. The molecule has 1 saturated heterocycles. The van der Waals surface area contributed by atoms with Gasteiger partial charge in [0.1, 0.15) is 5.75 Å². The van der Waals surface area contributed by atoms with Crippen LogP contribution in [0.15, 0.2) is 48.5 Å². The molecular formula is C22H27N3O2. The van der Waals surface area contributed by atoms with Gasteiger partial charge in [-0.05, 0) is 35.2 Å². The SMILES string of the molecule is COc1ccc([C@H]2CN(C(=O)CN3CCc4ccccc4C3)C[C@@H]2N)cc1. The standard InChI is InChI=1S/C22H27N3O2/c1-27-19-8-6-17(7-9-19)20-13-25(14-21(20)23)22(26)15-24-11-10-16-4-2-3-5-18(16)12-24/h2-9,20-21H,10-15,23H2,1H3/t20-,21+/m1/s1. The summed E-state index contributed by atoms with van der Waals surface area (Å²) in [7, 11) is 1.66. The molecule has 0 bridgehead atoms. The zero-order valence-electron chi connectivity index (χ0n) is 15.8. The Morgan fingerprint density at radius 1 is 1.11 bits per heavy atom. The minimum absolute atomic E-state index is 0.0237. The maximum atomic E-state index is 12.9. The molecule has 0 unspecified atom stereocenters. The van der Waals surface area contributed by atoms with Crippen LogP contribution in [0.5, 0.6) is 5.75 Å². The third kappa shape index (κ3) is 3.84. The zero-order valence-corrected chi connectivity index (χ0v) is 15.8. The van der Waals surface area contributed by atoms with Crippen molar-refractivity contribution < 1.29 is 9.53 Å². The van der Waals surface area contributed by atoms with Gasteiger partial charge in [-0.25, -0.2) is 0 Å². The minimum Gasteiger partial charge on any atom is -0.497 e. The molecule has 0 spiro atoms. The van der Waals surface area contributed by atoms with Crippen molar-refractivity contribution in [1.82, 2.24) is 9.80 Å². The molecule has 5 nitrogen and oxygen atoms in total. The van der Waals surface area contributed by atoms with E-state index in [2.05, 4.69) is 41.3 Å². The summed E-state index contributed by atoms with van der Waals surface area (Å²) in [5.74, 6) is 1.20. The lowest BCUT2D eigenvalue weighted by Gasteiger charge is -2.29.